The highest BCUT2D eigenvalue weighted by Crippen LogP contribution is 2.43. The molecular formula is C74H130NO8P. The fourth-order valence-corrected chi connectivity index (χ4v) is 10.6. The molecule has 10 heteroatoms. The van der Waals surface area contributed by atoms with E-state index in [-0.39, 0.29) is 32.6 Å². The zero-order chi connectivity index (χ0) is 60.9. The van der Waals surface area contributed by atoms with E-state index in [0.29, 0.717) is 12.8 Å². The first-order valence-electron chi connectivity index (χ1n) is 34.9. The van der Waals surface area contributed by atoms with Crippen LogP contribution in [0, 0.1) is 0 Å². The summed E-state index contributed by atoms with van der Waals surface area (Å²) in [5, 5.41) is 0. The number of allylic oxidation sites excluding steroid dienone is 18. The molecule has 0 aliphatic rings. The third kappa shape index (κ3) is 67.8. The number of carbonyl (C=O) groups is 2. The Morgan fingerprint density at radius 3 is 0.964 bits per heavy atom. The van der Waals surface area contributed by atoms with Crippen molar-refractivity contribution in [2.45, 2.75) is 322 Å². The topological polar surface area (TPSA) is 134 Å². The molecule has 0 saturated carbocycles. The molecule has 0 aromatic heterocycles. The van der Waals surface area contributed by atoms with E-state index in [9.17, 15) is 19.0 Å². The highest BCUT2D eigenvalue weighted by Gasteiger charge is 2.26. The summed E-state index contributed by atoms with van der Waals surface area (Å²) in [6.45, 7) is 3.60. The van der Waals surface area contributed by atoms with Crippen molar-refractivity contribution < 1.29 is 37.6 Å². The van der Waals surface area contributed by atoms with Crippen LogP contribution in [0.4, 0.5) is 0 Å². The Morgan fingerprint density at radius 1 is 0.369 bits per heavy atom. The molecule has 2 unspecified atom stereocenters. The second kappa shape index (κ2) is 68.8. The SMILES string of the molecule is CC/C=C\C/C=C\C/C=C\C/C=C\C/C=C\C/C=C\C/C=C\C/C=C\C/C=C\CCCC(=O)OC(COC(=O)CCCCCCCCCCCCCCCCCCCCCCCCCCCCCCCCCCCC)COP(=O)(O)OCCN. The number of esters is 2. The highest BCUT2D eigenvalue weighted by molar-refractivity contribution is 7.47. The molecule has 3 N–H and O–H groups in total. The Hall–Kier alpha value is -3.33. The smallest absolute Gasteiger partial charge is 0.462 e. The number of nitrogens with two attached hydrogens (primary N) is 1. The number of ether oxygens (including phenoxy) is 2. The summed E-state index contributed by atoms with van der Waals surface area (Å²) >= 11 is 0. The van der Waals surface area contributed by atoms with Gasteiger partial charge in [0.05, 0.1) is 13.2 Å². The Morgan fingerprint density at radius 2 is 0.655 bits per heavy atom. The van der Waals surface area contributed by atoms with Gasteiger partial charge in [-0.1, -0.05) is 335 Å². The molecule has 484 valence electrons. The average molecular weight is 1190 g/mol. The fourth-order valence-electron chi connectivity index (χ4n) is 9.82. The lowest BCUT2D eigenvalue weighted by atomic mass is 10.0. The Balaban J connectivity index is 3.95. The van der Waals surface area contributed by atoms with Gasteiger partial charge in [-0.15, -0.1) is 0 Å². The number of hydrogen-bond acceptors (Lipinski definition) is 8. The average Bonchev–Trinajstić information content (AvgIpc) is 3.58. The zero-order valence-corrected chi connectivity index (χ0v) is 55.3. The number of phosphoric acid groups is 1. The summed E-state index contributed by atoms with van der Waals surface area (Å²) in [5.41, 5.74) is 5.39. The molecule has 0 radical (unpaired) electrons. The standard InChI is InChI=1S/C74H130NO8P/c1-3-5-7-9-11-13-15-17-19-21-23-25-27-29-31-33-34-35-36-37-39-40-42-44-46-48-50-52-54-56-58-60-62-64-66-73(76)80-70-72(71-82-84(78,79)81-69-68-75)83-74(77)67-65-63-61-59-57-55-53-51-49-47-45-43-41-38-32-30-28-26-24-22-20-18-16-14-12-10-8-6-4-2/h6,8,12,14,18,20,24,26,30,32,41,43,47,49,53,55,59,61,72H,3-5,7,9-11,13,15-17,19,21-23,25,27-29,31,33-40,42,44-46,48,50-52,54,56-58,60,62-71,75H2,1-2H3,(H,78,79)/b8-6-,14-12-,20-18-,26-24-,32-30-,43-41-,49-47-,55-53-,61-59-. The van der Waals surface area contributed by atoms with E-state index >= 15 is 0 Å². The normalized spacial score (nSPS) is 13.6. The summed E-state index contributed by atoms with van der Waals surface area (Å²) < 4.78 is 33.1. The molecule has 0 aliphatic carbocycles. The first-order valence-corrected chi connectivity index (χ1v) is 36.4. The van der Waals surface area contributed by atoms with Crippen LogP contribution in [0.1, 0.15) is 316 Å². The Labute approximate surface area is 518 Å². The second-order valence-electron chi connectivity index (χ2n) is 23.0. The lowest BCUT2D eigenvalue weighted by molar-refractivity contribution is -0.161. The zero-order valence-electron chi connectivity index (χ0n) is 54.4. The molecule has 2 atom stereocenters. The van der Waals surface area contributed by atoms with Crippen molar-refractivity contribution >= 4 is 19.8 Å². The van der Waals surface area contributed by atoms with E-state index in [1.165, 1.54) is 199 Å². The van der Waals surface area contributed by atoms with E-state index in [0.717, 1.165) is 77.0 Å². The minimum atomic E-state index is -4.42. The summed E-state index contributed by atoms with van der Waals surface area (Å²) in [6, 6.07) is 0. The molecule has 0 bridgehead atoms. The number of carbonyl (C=O) groups excluding carboxylic acids is 2. The minimum absolute atomic E-state index is 0.0398. The molecule has 0 heterocycles. The monoisotopic (exact) mass is 1190 g/mol. The summed E-state index contributed by atoms with van der Waals surface area (Å²) in [5.74, 6) is -0.893. The quantitative estimate of drug-likeness (QED) is 0.0264. The lowest BCUT2D eigenvalue weighted by Crippen LogP contribution is -2.29. The summed E-state index contributed by atoms with van der Waals surface area (Å²) in [7, 11) is -4.42. The van der Waals surface area contributed by atoms with Crippen LogP contribution < -0.4 is 5.73 Å². The Bertz CT molecular complexity index is 1740. The van der Waals surface area contributed by atoms with Gasteiger partial charge in [-0.25, -0.2) is 4.57 Å². The van der Waals surface area contributed by atoms with E-state index in [4.69, 9.17) is 24.3 Å². The van der Waals surface area contributed by atoms with Crippen molar-refractivity contribution in [3.8, 4) is 0 Å². The van der Waals surface area contributed by atoms with E-state index < -0.39 is 32.5 Å². The maximum absolute atomic E-state index is 12.7. The molecule has 0 aromatic rings. The van der Waals surface area contributed by atoms with Gasteiger partial charge in [-0.05, 0) is 77.0 Å². The predicted octanol–water partition coefficient (Wildman–Crippen LogP) is 22.9. The van der Waals surface area contributed by atoms with Gasteiger partial charge in [0.1, 0.15) is 6.61 Å². The number of unbranched alkanes of at least 4 members (excludes halogenated alkanes) is 34. The fraction of sp³-hybridized carbons (Fsp3) is 0.730. The van der Waals surface area contributed by atoms with Crippen molar-refractivity contribution in [3.05, 3.63) is 109 Å². The molecule has 0 fully saturated rings. The predicted molar refractivity (Wildman–Crippen MR) is 362 cm³/mol. The molecule has 0 amide bonds. The minimum Gasteiger partial charge on any atom is -0.462 e. The van der Waals surface area contributed by atoms with E-state index in [1.54, 1.807) is 0 Å². The third-order valence-corrected chi connectivity index (χ3v) is 15.9. The van der Waals surface area contributed by atoms with Crippen LogP contribution in [0.15, 0.2) is 109 Å². The van der Waals surface area contributed by atoms with Crippen LogP contribution in [0.25, 0.3) is 0 Å². The number of hydrogen-bond donors (Lipinski definition) is 2. The molecule has 9 nitrogen and oxygen atoms in total. The van der Waals surface area contributed by atoms with Gasteiger partial charge < -0.3 is 20.1 Å². The van der Waals surface area contributed by atoms with E-state index in [2.05, 4.69) is 117 Å². The largest absolute Gasteiger partial charge is 0.472 e. The van der Waals surface area contributed by atoms with Crippen molar-refractivity contribution in [2.24, 2.45) is 5.73 Å². The molecular weight excluding hydrogens is 1060 g/mol. The molecule has 84 heavy (non-hydrogen) atoms. The van der Waals surface area contributed by atoms with Gasteiger partial charge in [0.15, 0.2) is 6.10 Å². The number of phosphoric ester groups is 1. The van der Waals surface area contributed by atoms with Gasteiger partial charge in [0, 0.05) is 19.4 Å². The van der Waals surface area contributed by atoms with Crippen molar-refractivity contribution in [2.75, 3.05) is 26.4 Å². The number of rotatable bonds is 65. The van der Waals surface area contributed by atoms with Crippen LogP contribution in [-0.4, -0.2) is 49.3 Å². The first kappa shape index (κ1) is 80.7. The van der Waals surface area contributed by atoms with Crippen LogP contribution in [0.2, 0.25) is 0 Å². The second-order valence-corrected chi connectivity index (χ2v) is 24.5. The van der Waals surface area contributed by atoms with Crippen molar-refractivity contribution in [1.29, 1.82) is 0 Å². The van der Waals surface area contributed by atoms with Gasteiger partial charge in [0.25, 0.3) is 0 Å². The third-order valence-electron chi connectivity index (χ3n) is 14.9. The maximum Gasteiger partial charge on any atom is 0.472 e. The van der Waals surface area contributed by atoms with E-state index in [1.807, 2.05) is 6.08 Å². The van der Waals surface area contributed by atoms with Crippen molar-refractivity contribution in [1.82, 2.24) is 0 Å². The van der Waals surface area contributed by atoms with Crippen LogP contribution in [0.3, 0.4) is 0 Å². The molecule has 0 saturated heterocycles. The van der Waals surface area contributed by atoms with Gasteiger partial charge in [-0.3, -0.25) is 18.6 Å². The Kier molecular flexibility index (Phi) is 66.1. The van der Waals surface area contributed by atoms with Gasteiger partial charge in [0.2, 0.25) is 0 Å². The van der Waals surface area contributed by atoms with Crippen molar-refractivity contribution in [3.63, 3.8) is 0 Å². The van der Waals surface area contributed by atoms with Crippen LogP contribution in [0.5, 0.6) is 0 Å². The van der Waals surface area contributed by atoms with Gasteiger partial charge >= 0.3 is 19.8 Å². The van der Waals surface area contributed by atoms with Gasteiger partial charge in [-0.2, -0.15) is 0 Å². The molecule has 0 aromatic carbocycles. The van der Waals surface area contributed by atoms with Crippen LogP contribution >= 0.6 is 7.82 Å². The molecule has 0 aliphatic heterocycles. The maximum atomic E-state index is 12.7. The highest BCUT2D eigenvalue weighted by atomic mass is 31.2. The summed E-state index contributed by atoms with van der Waals surface area (Å²) in [4.78, 5) is 35.3. The van der Waals surface area contributed by atoms with Crippen LogP contribution in [-0.2, 0) is 32.7 Å². The summed E-state index contributed by atoms with van der Waals surface area (Å²) in [6.07, 6.45) is 94.9. The lowest BCUT2D eigenvalue weighted by Gasteiger charge is -2.19. The first-order chi connectivity index (χ1) is 41.3. The molecule has 0 spiro atoms. The molecule has 0 rings (SSSR count).